The SMILES string of the molecule is COc1cccc(CCNC(=S)Nc2cccc(Cl)c2)c1OC. The van der Waals surface area contributed by atoms with Gasteiger partial charge in [-0.25, -0.2) is 0 Å². The zero-order chi connectivity index (χ0) is 16.7. The van der Waals surface area contributed by atoms with E-state index in [2.05, 4.69) is 10.6 Å². The minimum atomic E-state index is 0.550. The van der Waals surface area contributed by atoms with Crippen molar-refractivity contribution in [1.29, 1.82) is 0 Å². The smallest absolute Gasteiger partial charge is 0.170 e. The first-order valence-electron chi connectivity index (χ1n) is 7.14. The maximum absolute atomic E-state index is 5.95. The van der Waals surface area contributed by atoms with Gasteiger partial charge in [-0.2, -0.15) is 0 Å². The Hall–Kier alpha value is -1.98. The van der Waals surface area contributed by atoms with Crippen LogP contribution in [-0.4, -0.2) is 25.9 Å². The molecule has 0 bridgehead atoms. The van der Waals surface area contributed by atoms with E-state index in [-0.39, 0.29) is 0 Å². The molecule has 2 N–H and O–H groups in total. The number of para-hydroxylation sites is 1. The minimum absolute atomic E-state index is 0.550. The lowest BCUT2D eigenvalue weighted by molar-refractivity contribution is 0.351. The van der Waals surface area contributed by atoms with Gasteiger partial charge >= 0.3 is 0 Å². The van der Waals surface area contributed by atoms with Crippen LogP contribution in [0.1, 0.15) is 5.56 Å². The van der Waals surface area contributed by atoms with Gasteiger partial charge in [0, 0.05) is 17.3 Å². The van der Waals surface area contributed by atoms with Gasteiger partial charge in [-0.05, 0) is 48.5 Å². The molecule has 0 aliphatic heterocycles. The largest absolute Gasteiger partial charge is 0.493 e. The Balaban J connectivity index is 1.88. The van der Waals surface area contributed by atoms with E-state index in [1.54, 1.807) is 14.2 Å². The van der Waals surface area contributed by atoms with Crippen LogP contribution in [0.3, 0.4) is 0 Å². The molecule has 2 rings (SSSR count). The van der Waals surface area contributed by atoms with Crippen molar-refractivity contribution in [3.05, 3.63) is 53.1 Å². The van der Waals surface area contributed by atoms with Gasteiger partial charge in [0.15, 0.2) is 16.6 Å². The van der Waals surface area contributed by atoms with Crippen LogP contribution in [0.4, 0.5) is 5.69 Å². The Bertz CT molecular complexity index is 679. The highest BCUT2D eigenvalue weighted by atomic mass is 35.5. The Morgan fingerprint density at radius 3 is 2.61 bits per heavy atom. The van der Waals surface area contributed by atoms with Crippen LogP contribution >= 0.6 is 23.8 Å². The highest BCUT2D eigenvalue weighted by molar-refractivity contribution is 7.80. The number of methoxy groups -OCH3 is 2. The highest BCUT2D eigenvalue weighted by Crippen LogP contribution is 2.30. The second-order valence-corrected chi connectivity index (χ2v) is 5.64. The van der Waals surface area contributed by atoms with Gasteiger partial charge in [-0.3, -0.25) is 0 Å². The van der Waals surface area contributed by atoms with Gasteiger partial charge in [0.1, 0.15) is 0 Å². The van der Waals surface area contributed by atoms with Crippen molar-refractivity contribution in [2.24, 2.45) is 0 Å². The average molecular weight is 351 g/mol. The number of ether oxygens (including phenoxy) is 2. The van der Waals surface area contributed by atoms with Crippen LogP contribution in [0.15, 0.2) is 42.5 Å². The zero-order valence-electron chi connectivity index (χ0n) is 13.1. The Morgan fingerprint density at radius 1 is 1.13 bits per heavy atom. The molecule has 0 heterocycles. The summed E-state index contributed by atoms with van der Waals surface area (Å²) in [6, 6.07) is 13.2. The predicted molar refractivity (Wildman–Crippen MR) is 98.9 cm³/mol. The Labute approximate surface area is 146 Å². The number of hydrogen-bond donors (Lipinski definition) is 2. The van der Waals surface area contributed by atoms with E-state index in [1.165, 1.54) is 0 Å². The maximum atomic E-state index is 5.95. The fourth-order valence-corrected chi connectivity index (χ4v) is 2.61. The Morgan fingerprint density at radius 2 is 1.91 bits per heavy atom. The first kappa shape index (κ1) is 17.4. The second kappa shape index (κ2) is 8.60. The summed E-state index contributed by atoms with van der Waals surface area (Å²) >= 11 is 11.2. The Kier molecular flexibility index (Phi) is 6.50. The fraction of sp³-hybridized carbons (Fsp3) is 0.235. The van der Waals surface area contributed by atoms with E-state index < -0.39 is 0 Å². The number of rotatable bonds is 6. The van der Waals surface area contributed by atoms with Gasteiger partial charge in [-0.15, -0.1) is 0 Å². The summed E-state index contributed by atoms with van der Waals surface area (Å²) < 4.78 is 10.7. The van der Waals surface area contributed by atoms with Crippen molar-refractivity contribution >= 4 is 34.6 Å². The molecule has 23 heavy (non-hydrogen) atoms. The standard InChI is InChI=1S/C17H19ClN2O2S/c1-21-15-8-3-5-12(16(15)22-2)9-10-19-17(23)20-14-7-4-6-13(18)11-14/h3-8,11H,9-10H2,1-2H3,(H2,19,20,23). The molecule has 0 spiro atoms. The highest BCUT2D eigenvalue weighted by Gasteiger charge is 2.09. The zero-order valence-corrected chi connectivity index (χ0v) is 14.6. The summed E-state index contributed by atoms with van der Waals surface area (Å²) in [6.07, 6.45) is 0.762. The van der Waals surface area contributed by atoms with E-state index in [1.807, 2.05) is 42.5 Å². The molecule has 0 aromatic heterocycles. The third-order valence-electron chi connectivity index (χ3n) is 3.25. The predicted octanol–water partition coefficient (Wildman–Crippen LogP) is 3.89. The van der Waals surface area contributed by atoms with Gasteiger partial charge in [0.2, 0.25) is 0 Å². The summed E-state index contributed by atoms with van der Waals surface area (Å²) in [5.41, 5.74) is 1.92. The first-order valence-corrected chi connectivity index (χ1v) is 7.93. The summed E-state index contributed by atoms with van der Waals surface area (Å²) in [5, 5.41) is 7.48. The third kappa shape index (κ3) is 5.01. The van der Waals surface area contributed by atoms with E-state index in [0.29, 0.717) is 16.7 Å². The molecular formula is C17H19ClN2O2S. The van der Waals surface area contributed by atoms with Gasteiger partial charge < -0.3 is 20.1 Å². The molecule has 122 valence electrons. The van der Waals surface area contributed by atoms with Crippen molar-refractivity contribution in [1.82, 2.24) is 5.32 Å². The molecule has 0 saturated carbocycles. The summed E-state index contributed by atoms with van der Waals surface area (Å²) in [4.78, 5) is 0. The molecular weight excluding hydrogens is 332 g/mol. The van der Waals surface area contributed by atoms with Crippen molar-refractivity contribution in [2.75, 3.05) is 26.1 Å². The van der Waals surface area contributed by atoms with Crippen LogP contribution in [0.2, 0.25) is 5.02 Å². The molecule has 0 radical (unpaired) electrons. The summed E-state index contributed by atoms with van der Waals surface area (Å²) in [6.45, 7) is 0.677. The number of anilines is 1. The number of halogens is 1. The molecule has 0 aliphatic rings. The van der Waals surface area contributed by atoms with Crippen molar-refractivity contribution < 1.29 is 9.47 Å². The van der Waals surface area contributed by atoms with Crippen molar-refractivity contribution in [2.45, 2.75) is 6.42 Å². The quantitative estimate of drug-likeness (QED) is 0.774. The van der Waals surface area contributed by atoms with Crippen molar-refractivity contribution in [3.63, 3.8) is 0 Å². The molecule has 2 aromatic rings. The lowest BCUT2D eigenvalue weighted by Crippen LogP contribution is -2.30. The molecule has 0 fully saturated rings. The molecule has 6 heteroatoms. The van der Waals surface area contributed by atoms with E-state index in [0.717, 1.165) is 29.2 Å². The van der Waals surface area contributed by atoms with E-state index in [4.69, 9.17) is 33.3 Å². The summed E-state index contributed by atoms with van der Waals surface area (Å²) in [5.74, 6) is 1.48. The lowest BCUT2D eigenvalue weighted by atomic mass is 10.1. The maximum Gasteiger partial charge on any atom is 0.170 e. The van der Waals surface area contributed by atoms with Gasteiger partial charge in [0.25, 0.3) is 0 Å². The van der Waals surface area contributed by atoms with E-state index in [9.17, 15) is 0 Å². The van der Waals surface area contributed by atoms with E-state index >= 15 is 0 Å². The minimum Gasteiger partial charge on any atom is -0.493 e. The molecule has 0 aliphatic carbocycles. The topological polar surface area (TPSA) is 42.5 Å². The first-order chi connectivity index (χ1) is 11.1. The monoisotopic (exact) mass is 350 g/mol. The second-order valence-electron chi connectivity index (χ2n) is 4.79. The van der Waals surface area contributed by atoms with Crippen molar-refractivity contribution in [3.8, 4) is 11.5 Å². The molecule has 0 saturated heterocycles. The molecule has 2 aromatic carbocycles. The summed E-state index contributed by atoms with van der Waals surface area (Å²) in [7, 11) is 3.27. The third-order valence-corrected chi connectivity index (χ3v) is 3.73. The fourth-order valence-electron chi connectivity index (χ4n) is 2.20. The number of nitrogens with one attached hydrogen (secondary N) is 2. The lowest BCUT2D eigenvalue weighted by Gasteiger charge is -2.14. The number of thiocarbonyl (C=S) groups is 1. The molecule has 4 nitrogen and oxygen atoms in total. The van der Waals surface area contributed by atoms with Crippen LogP contribution in [-0.2, 0) is 6.42 Å². The molecule has 0 atom stereocenters. The number of benzene rings is 2. The van der Waals surface area contributed by atoms with Crippen LogP contribution in [0.25, 0.3) is 0 Å². The molecule has 0 amide bonds. The molecule has 0 unspecified atom stereocenters. The van der Waals surface area contributed by atoms with Crippen LogP contribution in [0.5, 0.6) is 11.5 Å². The average Bonchev–Trinajstić information content (AvgIpc) is 2.54. The van der Waals surface area contributed by atoms with Crippen LogP contribution in [0, 0.1) is 0 Å². The number of hydrogen-bond acceptors (Lipinski definition) is 3. The van der Waals surface area contributed by atoms with Gasteiger partial charge in [-0.1, -0.05) is 29.8 Å². The normalized spacial score (nSPS) is 10.0. The van der Waals surface area contributed by atoms with Crippen LogP contribution < -0.4 is 20.1 Å². The van der Waals surface area contributed by atoms with Gasteiger partial charge in [0.05, 0.1) is 14.2 Å².